The Labute approximate surface area is 133 Å². The Morgan fingerprint density at radius 3 is 2.04 bits per heavy atom. The molecule has 0 radical (unpaired) electrons. The van der Waals surface area contributed by atoms with Crippen molar-refractivity contribution < 1.29 is 0 Å². The maximum absolute atomic E-state index is 9.82. The maximum Gasteiger partial charge on any atom is 0.218 e. The first-order valence-corrected chi connectivity index (χ1v) is 6.86. The number of aromatic nitrogens is 1. The average molecular weight is 295 g/mol. The summed E-state index contributed by atoms with van der Waals surface area (Å²) >= 11 is 0. The summed E-state index contributed by atoms with van der Waals surface area (Å²) in [5, 5.41) is 39.1. The van der Waals surface area contributed by atoms with E-state index < -0.39 is 16.7 Å². The van der Waals surface area contributed by atoms with Gasteiger partial charge in [-0.2, -0.15) is 21.0 Å². The van der Waals surface area contributed by atoms with Crippen molar-refractivity contribution in [1.82, 2.24) is 4.98 Å². The van der Waals surface area contributed by atoms with Gasteiger partial charge < -0.3 is 0 Å². The second kappa shape index (κ2) is 4.96. The van der Waals surface area contributed by atoms with Crippen LogP contribution in [0.3, 0.4) is 0 Å². The van der Waals surface area contributed by atoms with Crippen LogP contribution in [0.5, 0.6) is 0 Å². The van der Waals surface area contributed by atoms with Crippen LogP contribution in [-0.4, -0.2) is 4.98 Å². The zero-order valence-electron chi connectivity index (χ0n) is 11.9. The predicted octanol–water partition coefficient (Wildman–Crippen LogP) is 2.55. The molecule has 1 aliphatic rings. The first kappa shape index (κ1) is 14.3. The summed E-state index contributed by atoms with van der Waals surface area (Å²) in [7, 11) is 0. The van der Waals surface area contributed by atoms with E-state index in [-0.39, 0.29) is 5.69 Å². The summed E-state index contributed by atoms with van der Waals surface area (Å²) in [6.45, 7) is 0. The molecule has 0 fully saturated rings. The van der Waals surface area contributed by atoms with Crippen molar-refractivity contribution in [3.05, 3.63) is 65.5 Å². The molecule has 23 heavy (non-hydrogen) atoms. The standard InChI is InChI=1S/C18H9N5/c19-9-17(10-20)15(13-5-2-1-3-6-13)14-7-4-8-23-16(14)18(17,11-21)12-22/h1-8,15H. The third-order valence-corrected chi connectivity index (χ3v) is 4.35. The normalized spacial score (nSPS) is 19.4. The van der Waals surface area contributed by atoms with Gasteiger partial charge in [0.2, 0.25) is 5.41 Å². The SMILES string of the molecule is N#CC1(C#N)c2ncccc2C(c2ccccc2)C1(C#N)C#N. The lowest BCUT2D eigenvalue weighted by atomic mass is 9.62. The van der Waals surface area contributed by atoms with Gasteiger partial charge in [0.25, 0.3) is 0 Å². The molecule has 0 N–H and O–H groups in total. The minimum Gasteiger partial charge on any atom is -0.258 e. The molecule has 0 spiro atoms. The third-order valence-electron chi connectivity index (χ3n) is 4.35. The molecule has 2 aromatic rings. The van der Waals surface area contributed by atoms with Crippen molar-refractivity contribution >= 4 is 0 Å². The van der Waals surface area contributed by atoms with E-state index in [4.69, 9.17) is 0 Å². The van der Waals surface area contributed by atoms with Gasteiger partial charge in [0, 0.05) is 12.1 Å². The monoisotopic (exact) mass is 295 g/mol. The van der Waals surface area contributed by atoms with Crippen LogP contribution in [0.2, 0.25) is 0 Å². The summed E-state index contributed by atoms with van der Waals surface area (Å²) in [6.07, 6.45) is 1.47. The number of nitrogens with zero attached hydrogens (tertiary/aromatic N) is 5. The predicted molar refractivity (Wildman–Crippen MR) is 79.1 cm³/mol. The van der Waals surface area contributed by atoms with Gasteiger partial charge in [-0.05, 0) is 17.2 Å². The molecule has 0 aliphatic heterocycles. The molecular weight excluding hydrogens is 286 g/mol. The molecule has 1 aliphatic carbocycles. The summed E-state index contributed by atoms with van der Waals surface area (Å²) in [5.74, 6) is -0.707. The highest BCUT2D eigenvalue weighted by atomic mass is 14.8. The molecule has 0 saturated carbocycles. The summed E-state index contributed by atoms with van der Waals surface area (Å²) in [5.41, 5.74) is -2.30. The topological polar surface area (TPSA) is 108 Å². The van der Waals surface area contributed by atoms with Gasteiger partial charge >= 0.3 is 0 Å². The van der Waals surface area contributed by atoms with Gasteiger partial charge in [0.15, 0.2) is 5.41 Å². The van der Waals surface area contributed by atoms with E-state index in [1.54, 1.807) is 36.4 Å². The Kier molecular flexibility index (Phi) is 3.08. The smallest absolute Gasteiger partial charge is 0.218 e. The van der Waals surface area contributed by atoms with Crippen molar-refractivity contribution in [2.24, 2.45) is 5.41 Å². The second-order valence-corrected chi connectivity index (χ2v) is 5.29. The van der Waals surface area contributed by atoms with Crippen LogP contribution in [0.15, 0.2) is 48.7 Å². The number of hydrogen-bond donors (Lipinski definition) is 0. The Morgan fingerprint density at radius 2 is 1.48 bits per heavy atom. The van der Waals surface area contributed by atoms with E-state index in [0.717, 1.165) is 0 Å². The second-order valence-electron chi connectivity index (χ2n) is 5.29. The van der Waals surface area contributed by atoms with Crippen LogP contribution < -0.4 is 0 Å². The molecule has 5 heteroatoms. The van der Waals surface area contributed by atoms with Crippen LogP contribution in [0.25, 0.3) is 0 Å². The van der Waals surface area contributed by atoms with Crippen LogP contribution in [0, 0.1) is 50.7 Å². The summed E-state index contributed by atoms with van der Waals surface area (Å²) in [4.78, 5) is 4.17. The quantitative estimate of drug-likeness (QED) is 0.803. The molecule has 1 aromatic carbocycles. The lowest BCUT2D eigenvalue weighted by Crippen LogP contribution is -2.41. The van der Waals surface area contributed by atoms with Crippen LogP contribution in [-0.2, 0) is 5.41 Å². The molecule has 5 nitrogen and oxygen atoms in total. The van der Waals surface area contributed by atoms with Gasteiger partial charge in [-0.3, -0.25) is 4.98 Å². The Bertz CT molecular complexity index is 906. The molecule has 1 heterocycles. The van der Waals surface area contributed by atoms with Gasteiger partial charge in [-0.25, -0.2) is 0 Å². The molecule has 1 atom stereocenters. The van der Waals surface area contributed by atoms with E-state index in [2.05, 4.69) is 4.98 Å². The highest BCUT2D eigenvalue weighted by Crippen LogP contribution is 2.59. The molecular formula is C18H9N5. The molecule has 1 unspecified atom stereocenters. The van der Waals surface area contributed by atoms with E-state index in [0.29, 0.717) is 11.1 Å². The average Bonchev–Trinajstić information content (AvgIpc) is 2.88. The Balaban J connectivity index is 2.46. The minimum absolute atomic E-state index is 0.196. The van der Waals surface area contributed by atoms with Crippen molar-refractivity contribution in [3.63, 3.8) is 0 Å². The van der Waals surface area contributed by atoms with Crippen LogP contribution in [0.1, 0.15) is 22.7 Å². The fourth-order valence-corrected chi connectivity index (χ4v) is 3.30. The molecule has 3 rings (SSSR count). The number of benzene rings is 1. The lowest BCUT2D eigenvalue weighted by Gasteiger charge is -2.28. The number of nitriles is 4. The van der Waals surface area contributed by atoms with Gasteiger partial charge in [0.05, 0.1) is 30.0 Å². The first-order valence-electron chi connectivity index (χ1n) is 6.86. The Hall–Kier alpha value is -3.67. The Morgan fingerprint density at radius 1 is 0.826 bits per heavy atom. The highest BCUT2D eigenvalue weighted by Gasteiger charge is 2.68. The van der Waals surface area contributed by atoms with E-state index in [1.165, 1.54) is 6.20 Å². The first-order chi connectivity index (χ1) is 11.2. The third kappa shape index (κ3) is 1.54. The van der Waals surface area contributed by atoms with Crippen LogP contribution >= 0.6 is 0 Å². The highest BCUT2D eigenvalue weighted by molar-refractivity contribution is 5.62. The summed E-state index contributed by atoms with van der Waals surface area (Å²) in [6, 6.07) is 20.1. The van der Waals surface area contributed by atoms with E-state index >= 15 is 0 Å². The zero-order chi connectivity index (χ0) is 16.5. The van der Waals surface area contributed by atoms with Gasteiger partial charge in [0.1, 0.15) is 0 Å². The van der Waals surface area contributed by atoms with Crippen molar-refractivity contribution in [2.75, 3.05) is 0 Å². The molecule has 0 bridgehead atoms. The van der Waals surface area contributed by atoms with E-state index in [9.17, 15) is 21.0 Å². The van der Waals surface area contributed by atoms with Crippen LogP contribution in [0.4, 0.5) is 0 Å². The molecule has 0 amide bonds. The van der Waals surface area contributed by atoms with Gasteiger partial charge in [-0.15, -0.1) is 0 Å². The maximum atomic E-state index is 9.82. The minimum atomic E-state index is -1.92. The van der Waals surface area contributed by atoms with Gasteiger partial charge in [-0.1, -0.05) is 36.4 Å². The summed E-state index contributed by atoms with van der Waals surface area (Å²) < 4.78 is 0. The van der Waals surface area contributed by atoms with Crippen molar-refractivity contribution in [1.29, 1.82) is 21.0 Å². The lowest BCUT2D eigenvalue weighted by molar-refractivity contribution is 0.390. The number of hydrogen-bond acceptors (Lipinski definition) is 5. The largest absolute Gasteiger partial charge is 0.258 e. The van der Waals surface area contributed by atoms with Crippen molar-refractivity contribution in [2.45, 2.75) is 11.3 Å². The molecule has 0 saturated heterocycles. The number of pyridine rings is 1. The fourth-order valence-electron chi connectivity index (χ4n) is 3.30. The molecule has 106 valence electrons. The number of rotatable bonds is 1. The number of fused-ring (bicyclic) bond motifs is 1. The fraction of sp³-hybridized carbons (Fsp3) is 0.167. The molecule has 1 aromatic heterocycles. The van der Waals surface area contributed by atoms with E-state index in [1.807, 2.05) is 30.3 Å². The van der Waals surface area contributed by atoms with Crippen molar-refractivity contribution in [3.8, 4) is 24.3 Å². The zero-order valence-corrected chi connectivity index (χ0v) is 11.9.